The highest BCUT2D eigenvalue weighted by molar-refractivity contribution is 5.86. The fraction of sp³-hybridized carbons (Fsp3) is 0.700. The van der Waals surface area contributed by atoms with Crippen LogP contribution in [0.25, 0.3) is 0 Å². The van der Waals surface area contributed by atoms with E-state index in [2.05, 4.69) is 9.47 Å². The minimum Gasteiger partial charge on any atom is -0.463 e. The quantitative estimate of drug-likeness (QED) is 0.440. The molecule has 3 atom stereocenters. The molecular weight excluding hydrogens is 248 g/mol. The lowest BCUT2D eigenvalue weighted by Crippen LogP contribution is -2.47. The van der Waals surface area contributed by atoms with Gasteiger partial charge in [-0.3, -0.25) is 14.4 Å². The first-order valence-corrected chi connectivity index (χ1v) is 5.09. The summed E-state index contributed by atoms with van der Waals surface area (Å²) < 4.78 is 8.92. The zero-order valence-electron chi connectivity index (χ0n) is 10.0. The van der Waals surface area contributed by atoms with Crippen molar-refractivity contribution >= 4 is 17.7 Å². The zero-order chi connectivity index (χ0) is 14.3. The average molecular weight is 264 g/mol. The second-order valence-electron chi connectivity index (χ2n) is 3.51. The van der Waals surface area contributed by atoms with E-state index < -0.39 is 49.2 Å². The Balaban J connectivity index is 4.62. The van der Waals surface area contributed by atoms with Crippen LogP contribution in [-0.4, -0.2) is 64.6 Å². The number of hydrogen-bond acceptors (Lipinski definition) is 8. The summed E-state index contributed by atoms with van der Waals surface area (Å²) in [7, 11) is 0. The minimum atomic E-state index is -1.80. The number of hydrogen-bond donors (Lipinski definition) is 3. The Morgan fingerprint density at radius 3 is 2.06 bits per heavy atom. The van der Waals surface area contributed by atoms with Gasteiger partial charge in [-0.25, -0.2) is 0 Å². The van der Waals surface area contributed by atoms with Gasteiger partial charge in [-0.15, -0.1) is 0 Å². The Morgan fingerprint density at radius 2 is 1.67 bits per heavy atom. The number of rotatable bonds is 7. The van der Waals surface area contributed by atoms with Crippen LogP contribution < -0.4 is 0 Å². The normalized spacial score (nSPS) is 15.4. The van der Waals surface area contributed by atoms with E-state index in [-0.39, 0.29) is 0 Å². The van der Waals surface area contributed by atoms with E-state index in [1.54, 1.807) is 0 Å². The van der Waals surface area contributed by atoms with Crippen molar-refractivity contribution < 1.29 is 39.2 Å². The Labute approximate surface area is 103 Å². The predicted octanol–water partition coefficient (Wildman–Crippen LogP) is -2.24. The number of ketones is 1. The Hall–Kier alpha value is -1.51. The lowest BCUT2D eigenvalue weighted by Gasteiger charge is -2.24. The van der Waals surface area contributed by atoms with Gasteiger partial charge in [0.1, 0.15) is 25.4 Å². The summed E-state index contributed by atoms with van der Waals surface area (Å²) in [5.41, 5.74) is 0. The topological polar surface area (TPSA) is 130 Å². The summed E-state index contributed by atoms with van der Waals surface area (Å²) >= 11 is 0. The van der Waals surface area contributed by atoms with Gasteiger partial charge in [-0.05, 0) is 0 Å². The molecule has 0 heterocycles. The minimum absolute atomic E-state index is 0.563. The molecule has 0 aliphatic rings. The summed E-state index contributed by atoms with van der Waals surface area (Å²) in [5, 5.41) is 27.7. The molecule has 0 spiro atoms. The van der Waals surface area contributed by atoms with Crippen molar-refractivity contribution in [2.75, 3.05) is 13.2 Å². The molecule has 0 radical (unpaired) electrons. The fourth-order valence-electron chi connectivity index (χ4n) is 1.10. The van der Waals surface area contributed by atoms with Crippen LogP contribution in [0, 0.1) is 0 Å². The summed E-state index contributed by atoms with van der Waals surface area (Å²) in [4.78, 5) is 32.5. The third-order valence-electron chi connectivity index (χ3n) is 1.93. The number of esters is 2. The lowest BCUT2D eigenvalue weighted by atomic mass is 10.0. The maximum absolute atomic E-state index is 11.2. The standard InChI is InChI=1S/C10H16O8/c1-5(12)17-4-8(15)9(16)10(7(14)3-11)18-6(2)13/h8-11,15-16H,3-4H2,1-2H3/t8-,9-,10-/m1/s1. The van der Waals surface area contributed by atoms with Crippen LogP contribution in [0.4, 0.5) is 0 Å². The van der Waals surface area contributed by atoms with Gasteiger partial charge in [0.2, 0.25) is 5.78 Å². The van der Waals surface area contributed by atoms with Crippen LogP contribution in [0.5, 0.6) is 0 Å². The van der Waals surface area contributed by atoms with Crippen molar-refractivity contribution in [3.05, 3.63) is 0 Å². The fourth-order valence-corrected chi connectivity index (χ4v) is 1.10. The van der Waals surface area contributed by atoms with Crippen molar-refractivity contribution in [1.82, 2.24) is 0 Å². The predicted molar refractivity (Wildman–Crippen MR) is 56.3 cm³/mol. The van der Waals surface area contributed by atoms with Crippen LogP contribution in [0.1, 0.15) is 13.8 Å². The van der Waals surface area contributed by atoms with E-state index in [1.165, 1.54) is 0 Å². The highest BCUT2D eigenvalue weighted by atomic mass is 16.6. The molecule has 0 rings (SSSR count). The highest BCUT2D eigenvalue weighted by Crippen LogP contribution is 2.07. The third-order valence-corrected chi connectivity index (χ3v) is 1.93. The molecule has 0 aliphatic carbocycles. The van der Waals surface area contributed by atoms with Gasteiger partial charge in [0.25, 0.3) is 0 Å². The third kappa shape index (κ3) is 5.71. The van der Waals surface area contributed by atoms with Crippen LogP contribution >= 0.6 is 0 Å². The zero-order valence-corrected chi connectivity index (χ0v) is 10.0. The first-order valence-electron chi connectivity index (χ1n) is 5.09. The molecule has 0 saturated heterocycles. The van der Waals surface area contributed by atoms with Gasteiger partial charge in [-0.2, -0.15) is 0 Å². The number of aliphatic hydroxyl groups is 3. The first-order chi connectivity index (χ1) is 8.29. The molecule has 0 aromatic heterocycles. The molecule has 8 heteroatoms. The molecule has 8 nitrogen and oxygen atoms in total. The molecule has 0 fully saturated rings. The maximum Gasteiger partial charge on any atom is 0.303 e. The first kappa shape index (κ1) is 16.5. The number of ether oxygens (including phenoxy) is 2. The number of carbonyl (C=O) groups excluding carboxylic acids is 3. The molecule has 0 aromatic rings. The van der Waals surface area contributed by atoms with Crippen molar-refractivity contribution in [2.45, 2.75) is 32.2 Å². The summed E-state index contributed by atoms with van der Waals surface area (Å²) in [5.74, 6) is -2.51. The second kappa shape index (κ2) is 7.75. The van der Waals surface area contributed by atoms with E-state index in [4.69, 9.17) is 5.11 Å². The number of aliphatic hydroxyl groups excluding tert-OH is 3. The van der Waals surface area contributed by atoms with E-state index >= 15 is 0 Å². The molecule has 0 amide bonds. The van der Waals surface area contributed by atoms with Gasteiger partial charge in [0, 0.05) is 13.8 Å². The molecule has 18 heavy (non-hydrogen) atoms. The smallest absolute Gasteiger partial charge is 0.303 e. The largest absolute Gasteiger partial charge is 0.463 e. The average Bonchev–Trinajstić information content (AvgIpc) is 2.30. The van der Waals surface area contributed by atoms with Gasteiger partial charge < -0.3 is 24.8 Å². The monoisotopic (exact) mass is 264 g/mol. The number of carbonyl (C=O) groups is 3. The van der Waals surface area contributed by atoms with E-state index in [0.29, 0.717) is 0 Å². The Bertz CT molecular complexity index is 313. The van der Waals surface area contributed by atoms with E-state index in [9.17, 15) is 24.6 Å². The highest BCUT2D eigenvalue weighted by Gasteiger charge is 2.34. The van der Waals surface area contributed by atoms with Gasteiger partial charge in [0.05, 0.1) is 0 Å². The molecule has 0 aliphatic heterocycles. The van der Waals surface area contributed by atoms with Crippen LogP contribution in [-0.2, 0) is 23.9 Å². The van der Waals surface area contributed by atoms with Gasteiger partial charge in [0.15, 0.2) is 6.10 Å². The second-order valence-corrected chi connectivity index (χ2v) is 3.51. The molecule has 0 aromatic carbocycles. The maximum atomic E-state index is 11.2. The van der Waals surface area contributed by atoms with Crippen LogP contribution in [0.3, 0.4) is 0 Å². The molecular formula is C10H16O8. The SMILES string of the molecule is CC(=O)OC[C@@H](O)[C@@H](O)[C@H](OC(C)=O)C(=O)CO. The van der Waals surface area contributed by atoms with Crippen molar-refractivity contribution in [1.29, 1.82) is 0 Å². The van der Waals surface area contributed by atoms with Crippen molar-refractivity contribution in [2.24, 2.45) is 0 Å². The molecule has 0 saturated carbocycles. The molecule has 0 bridgehead atoms. The van der Waals surface area contributed by atoms with E-state index in [0.717, 1.165) is 13.8 Å². The van der Waals surface area contributed by atoms with Crippen molar-refractivity contribution in [3.8, 4) is 0 Å². The van der Waals surface area contributed by atoms with Gasteiger partial charge in [-0.1, -0.05) is 0 Å². The summed E-state index contributed by atoms with van der Waals surface area (Å²) in [6, 6.07) is 0. The number of Topliss-reactive ketones (excluding diaryl/α,β-unsaturated/α-hetero) is 1. The Morgan fingerprint density at radius 1 is 1.11 bits per heavy atom. The lowest BCUT2D eigenvalue weighted by molar-refractivity contribution is -0.170. The van der Waals surface area contributed by atoms with E-state index in [1.807, 2.05) is 0 Å². The van der Waals surface area contributed by atoms with Crippen LogP contribution in [0.2, 0.25) is 0 Å². The van der Waals surface area contributed by atoms with Gasteiger partial charge >= 0.3 is 11.9 Å². The summed E-state index contributed by atoms with van der Waals surface area (Å²) in [6.07, 6.45) is -5.13. The van der Waals surface area contributed by atoms with Crippen LogP contribution in [0.15, 0.2) is 0 Å². The van der Waals surface area contributed by atoms with Crippen molar-refractivity contribution in [3.63, 3.8) is 0 Å². The summed E-state index contributed by atoms with van der Waals surface area (Å²) in [6.45, 7) is 0.576. The molecule has 3 N–H and O–H groups in total. The Kier molecular flexibility index (Phi) is 7.10. The molecule has 104 valence electrons. The molecule has 0 unspecified atom stereocenters.